The molecule has 1 aromatic heterocycles. The number of likely N-dealkylation sites (tertiary alicyclic amines) is 1. The Bertz CT molecular complexity index is 570. The molecule has 24 heavy (non-hydrogen) atoms. The van der Waals surface area contributed by atoms with E-state index in [-0.39, 0.29) is 11.9 Å². The number of imidazole rings is 1. The highest BCUT2D eigenvalue weighted by Gasteiger charge is 2.32. The number of aromatic nitrogens is 2. The summed E-state index contributed by atoms with van der Waals surface area (Å²) in [5.74, 6) is 1.24. The first-order valence-electron chi connectivity index (χ1n) is 9.33. The zero-order valence-corrected chi connectivity index (χ0v) is 15.0. The van der Waals surface area contributed by atoms with Gasteiger partial charge >= 0.3 is 0 Å². The van der Waals surface area contributed by atoms with Crippen molar-refractivity contribution in [1.82, 2.24) is 19.8 Å². The Balaban J connectivity index is 1.61. The van der Waals surface area contributed by atoms with E-state index in [1.54, 1.807) is 0 Å². The zero-order valence-electron chi connectivity index (χ0n) is 15.0. The van der Waals surface area contributed by atoms with Crippen molar-refractivity contribution in [3.05, 3.63) is 17.2 Å². The fraction of sp³-hybridized carbons (Fsp3) is 0.778. The lowest BCUT2D eigenvalue weighted by atomic mass is 10.0. The third-order valence-corrected chi connectivity index (χ3v) is 5.19. The number of carbonyl (C=O) groups is 1. The average Bonchev–Trinajstić information content (AvgIpc) is 3.16. The molecule has 1 amide bonds. The standard InChI is InChI=1S/C18H30N4O2/c1-3-24-12-10-19-17(23)13-22-11-6-9-16(22)18-20-14-7-4-5-8-15(14)21(18)2/h16H,3-13H2,1-2H3,(H,19,23). The summed E-state index contributed by atoms with van der Waals surface area (Å²) < 4.78 is 7.56. The number of carbonyl (C=O) groups excluding carboxylic acids is 1. The van der Waals surface area contributed by atoms with E-state index in [1.165, 1.54) is 24.2 Å². The predicted molar refractivity (Wildman–Crippen MR) is 92.9 cm³/mol. The summed E-state index contributed by atoms with van der Waals surface area (Å²) in [6.07, 6.45) is 6.99. The quantitative estimate of drug-likeness (QED) is 0.769. The molecule has 1 N–H and O–H groups in total. The predicted octanol–water partition coefficient (Wildman–Crippen LogP) is 1.59. The Morgan fingerprint density at radius 2 is 2.17 bits per heavy atom. The van der Waals surface area contributed by atoms with Gasteiger partial charge in [-0.1, -0.05) is 0 Å². The highest BCUT2D eigenvalue weighted by atomic mass is 16.5. The topological polar surface area (TPSA) is 59.4 Å². The molecule has 1 saturated heterocycles. The smallest absolute Gasteiger partial charge is 0.234 e. The highest BCUT2D eigenvalue weighted by Crippen LogP contribution is 2.33. The molecule has 0 radical (unpaired) electrons. The molecule has 1 unspecified atom stereocenters. The van der Waals surface area contributed by atoms with E-state index in [2.05, 4.69) is 21.8 Å². The Labute approximate surface area is 144 Å². The first-order valence-corrected chi connectivity index (χ1v) is 9.33. The minimum Gasteiger partial charge on any atom is -0.380 e. The van der Waals surface area contributed by atoms with Crippen LogP contribution in [0.15, 0.2) is 0 Å². The Morgan fingerprint density at radius 3 is 2.96 bits per heavy atom. The van der Waals surface area contributed by atoms with Crippen LogP contribution in [0.25, 0.3) is 0 Å². The van der Waals surface area contributed by atoms with E-state index in [9.17, 15) is 4.79 Å². The van der Waals surface area contributed by atoms with Gasteiger partial charge in [-0.2, -0.15) is 0 Å². The maximum absolute atomic E-state index is 12.2. The van der Waals surface area contributed by atoms with E-state index >= 15 is 0 Å². The number of hydrogen-bond donors (Lipinski definition) is 1. The third-order valence-electron chi connectivity index (χ3n) is 5.19. The molecule has 6 heteroatoms. The Kier molecular flexibility index (Phi) is 5.89. The fourth-order valence-corrected chi connectivity index (χ4v) is 3.96. The van der Waals surface area contributed by atoms with Gasteiger partial charge in [0.25, 0.3) is 0 Å². The van der Waals surface area contributed by atoms with E-state index in [0.717, 1.165) is 38.1 Å². The van der Waals surface area contributed by atoms with Gasteiger partial charge in [0.1, 0.15) is 5.82 Å². The van der Waals surface area contributed by atoms with Gasteiger partial charge in [-0.25, -0.2) is 4.98 Å². The molecule has 1 aliphatic carbocycles. The van der Waals surface area contributed by atoms with Gasteiger partial charge < -0.3 is 14.6 Å². The number of hydrogen-bond acceptors (Lipinski definition) is 4. The van der Waals surface area contributed by atoms with Crippen molar-refractivity contribution < 1.29 is 9.53 Å². The molecule has 6 nitrogen and oxygen atoms in total. The van der Waals surface area contributed by atoms with Gasteiger partial charge in [-0.05, 0) is 52.0 Å². The first-order chi connectivity index (χ1) is 11.7. The summed E-state index contributed by atoms with van der Waals surface area (Å²) in [4.78, 5) is 19.4. The number of amides is 1. The van der Waals surface area contributed by atoms with E-state index in [0.29, 0.717) is 26.3 Å². The van der Waals surface area contributed by atoms with Gasteiger partial charge in [-0.3, -0.25) is 9.69 Å². The fourth-order valence-electron chi connectivity index (χ4n) is 3.96. The van der Waals surface area contributed by atoms with Gasteiger partial charge in [0.15, 0.2) is 0 Å². The lowest BCUT2D eigenvalue weighted by Crippen LogP contribution is -2.38. The molecule has 3 rings (SSSR count). The van der Waals surface area contributed by atoms with Crippen molar-refractivity contribution in [3.8, 4) is 0 Å². The molecule has 0 bridgehead atoms. The molecular formula is C18H30N4O2. The summed E-state index contributed by atoms with van der Waals surface area (Å²) >= 11 is 0. The summed E-state index contributed by atoms with van der Waals surface area (Å²) in [7, 11) is 2.14. The lowest BCUT2D eigenvalue weighted by molar-refractivity contribution is -0.122. The minimum absolute atomic E-state index is 0.0839. The van der Waals surface area contributed by atoms with E-state index in [4.69, 9.17) is 9.72 Å². The summed E-state index contributed by atoms with van der Waals surface area (Å²) in [6, 6.07) is 0.276. The lowest BCUT2D eigenvalue weighted by Gasteiger charge is -2.23. The second kappa shape index (κ2) is 8.12. The monoisotopic (exact) mass is 334 g/mol. The van der Waals surface area contributed by atoms with Crippen LogP contribution >= 0.6 is 0 Å². The zero-order chi connectivity index (χ0) is 16.9. The largest absolute Gasteiger partial charge is 0.380 e. The number of rotatable bonds is 7. The maximum Gasteiger partial charge on any atom is 0.234 e. The molecule has 1 atom stereocenters. The molecule has 0 spiro atoms. The van der Waals surface area contributed by atoms with Crippen LogP contribution in [0.5, 0.6) is 0 Å². The van der Waals surface area contributed by atoms with Crippen LogP contribution < -0.4 is 5.32 Å². The highest BCUT2D eigenvalue weighted by molar-refractivity contribution is 5.78. The molecule has 1 aliphatic heterocycles. The first kappa shape index (κ1) is 17.4. The van der Waals surface area contributed by atoms with Crippen LogP contribution in [0.2, 0.25) is 0 Å². The van der Waals surface area contributed by atoms with Crippen LogP contribution in [0.1, 0.15) is 55.9 Å². The van der Waals surface area contributed by atoms with Crippen molar-refractivity contribution in [2.45, 2.75) is 51.5 Å². The molecule has 0 aromatic carbocycles. The van der Waals surface area contributed by atoms with E-state index in [1.807, 2.05) is 6.92 Å². The van der Waals surface area contributed by atoms with Gasteiger partial charge in [-0.15, -0.1) is 0 Å². The second-order valence-corrected chi connectivity index (χ2v) is 6.80. The summed E-state index contributed by atoms with van der Waals surface area (Å²) in [6.45, 7) is 5.24. The molecule has 0 saturated carbocycles. The third kappa shape index (κ3) is 3.81. The van der Waals surface area contributed by atoms with Crippen LogP contribution in [0.3, 0.4) is 0 Å². The molecule has 2 heterocycles. The number of fused-ring (bicyclic) bond motifs is 1. The Hall–Kier alpha value is -1.40. The molecule has 2 aliphatic rings. The average molecular weight is 334 g/mol. The molecule has 1 fully saturated rings. The summed E-state index contributed by atoms with van der Waals surface area (Å²) in [5.41, 5.74) is 2.69. The second-order valence-electron chi connectivity index (χ2n) is 6.80. The SMILES string of the molecule is CCOCCNC(=O)CN1CCCC1c1nc2c(n1C)CCCC2. The number of ether oxygens (including phenoxy) is 1. The van der Waals surface area contributed by atoms with Gasteiger partial charge in [0.2, 0.25) is 5.91 Å². The number of aryl methyl sites for hydroxylation is 1. The van der Waals surface area contributed by atoms with Gasteiger partial charge in [0.05, 0.1) is 24.9 Å². The van der Waals surface area contributed by atoms with Crippen LogP contribution in [-0.2, 0) is 29.4 Å². The van der Waals surface area contributed by atoms with Crippen LogP contribution in [-0.4, -0.2) is 53.2 Å². The summed E-state index contributed by atoms with van der Waals surface area (Å²) in [5, 5.41) is 2.95. The molecular weight excluding hydrogens is 304 g/mol. The maximum atomic E-state index is 12.2. The van der Waals surface area contributed by atoms with E-state index < -0.39 is 0 Å². The van der Waals surface area contributed by atoms with Crippen molar-refractivity contribution >= 4 is 5.91 Å². The van der Waals surface area contributed by atoms with Crippen LogP contribution in [0.4, 0.5) is 0 Å². The van der Waals surface area contributed by atoms with Gasteiger partial charge in [0, 0.05) is 25.9 Å². The number of nitrogens with one attached hydrogen (secondary N) is 1. The van der Waals surface area contributed by atoms with Crippen molar-refractivity contribution in [3.63, 3.8) is 0 Å². The number of nitrogens with zero attached hydrogens (tertiary/aromatic N) is 3. The van der Waals surface area contributed by atoms with Crippen molar-refractivity contribution in [2.75, 3.05) is 32.8 Å². The molecule has 1 aromatic rings. The van der Waals surface area contributed by atoms with Crippen molar-refractivity contribution in [1.29, 1.82) is 0 Å². The molecule has 134 valence electrons. The Morgan fingerprint density at radius 1 is 1.33 bits per heavy atom. The van der Waals surface area contributed by atoms with Crippen molar-refractivity contribution in [2.24, 2.45) is 7.05 Å². The minimum atomic E-state index is 0.0839. The normalized spacial score (nSPS) is 21.0. The van der Waals surface area contributed by atoms with Crippen LogP contribution in [0, 0.1) is 0 Å².